The molecule has 1 fully saturated rings. The van der Waals surface area contributed by atoms with Crippen molar-refractivity contribution in [2.24, 2.45) is 7.05 Å². The lowest BCUT2D eigenvalue weighted by molar-refractivity contribution is -0.645. The van der Waals surface area contributed by atoms with E-state index in [1.165, 1.54) is 40.2 Å². The molecule has 1 unspecified atom stereocenters. The maximum atomic E-state index is 12.9. The normalized spacial score (nSPS) is 17.7. The summed E-state index contributed by atoms with van der Waals surface area (Å²) in [7, 11) is 1.71. The van der Waals surface area contributed by atoms with Crippen LogP contribution in [0.25, 0.3) is 0 Å². The number of amides is 2. The van der Waals surface area contributed by atoms with Crippen LogP contribution in [0.1, 0.15) is 0 Å². The van der Waals surface area contributed by atoms with Crippen LogP contribution in [0.15, 0.2) is 57.6 Å². The second kappa shape index (κ2) is 15.3. The summed E-state index contributed by atoms with van der Waals surface area (Å²) < 4.78 is 33.3. The van der Waals surface area contributed by atoms with Crippen LogP contribution < -0.4 is 21.4 Å². The van der Waals surface area contributed by atoms with Crippen molar-refractivity contribution in [3.8, 4) is 0 Å². The van der Waals surface area contributed by atoms with E-state index in [-0.39, 0.29) is 23.3 Å². The van der Waals surface area contributed by atoms with Gasteiger partial charge in [0.2, 0.25) is 5.91 Å². The number of β-lactam (4-membered cyclic amide) rings is 1. The van der Waals surface area contributed by atoms with Gasteiger partial charge in [-0.15, -0.1) is 28.5 Å². The molecule has 3 heterocycles. The molecule has 4 rings (SSSR count). The highest BCUT2D eigenvalue weighted by atomic mass is 35.5. The molecule has 242 valence electrons. The smallest absolute Gasteiger partial charge is 0.477 e. The molecule has 1 aromatic carbocycles. The van der Waals surface area contributed by atoms with Gasteiger partial charge in [-0.25, -0.2) is 14.2 Å². The lowest BCUT2D eigenvalue weighted by Gasteiger charge is -2.49. The maximum absolute atomic E-state index is 12.9. The summed E-state index contributed by atoms with van der Waals surface area (Å²) in [6, 6.07) is 5.85. The van der Waals surface area contributed by atoms with E-state index < -0.39 is 35.4 Å². The van der Waals surface area contributed by atoms with Gasteiger partial charge < -0.3 is 27.0 Å². The molecule has 45 heavy (non-hydrogen) atoms. The highest BCUT2D eigenvalue weighted by molar-refractivity contribution is 8.00. The summed E-state index contributed by atoms with van der Waals surface area (Å²) in [4.78, 5) is 52.5. The summed E-state index contributed by atoms with van der Waals surface area (Å²) in [5.74, 6) is -3.14. The second-order valence-corrected chi connectivity index (χ2v) is 13.0. The van der Waals surface area contributed by atoms with Crippen LogP contribution in [0.2, 0.25) is 10.0 Å². The zero-order chi connectivity index (χ0) is 33.6. The number of benzene rings is 1. The fourth-order valence-electron chi connectivity index (χ4n) is 3.69. The third kappa shape index (κ3) is 9.35. The van der Waals surface area contributed by atoms with Gasteiger partial charge in [-0.2, -0.15) is 13.2 Å². The third-order valence-corrected chi connectivity index (χ3v) is 9.78. The summed E-state index contributed by atoms with van der Waals surface area (Å²) in [6.45, 7) is 0. The number of carboxylic acid groups (broad SMARTS) is 2. The minimum absolute atomic E-state index is 0.0281. The number of halogens is 5. The number of anilines is 2. The van der Waals surface area contributed by atoms with Gasteiger partial charge in [0.05, 0.1) is 17.8 Å². The molecule has 0 radical (unpaired) electrons. The number of hydrogen-bond acceptors (Lipinski definition) is 10. The highest BCUT2D eigenvalue weighted by Gasteiger charge is 2.53. The molecule has 2 aliphatic heterocycles. The summed E-state index contributed by atoms with van der Waals surface area (Å²) in [5, 5.41) is 20.8. The molecular weight excluding hydrogens is 704 g/mol. The molecule has 0 saturated carbocycles. The quantitative estimate of drug-likeness (QED) is 0.110. The molecule has 0 aliphatic carbocycles. The standard InChI is InChI=1S/C23H22Cl2N6O4S3.C2HF3O2/c1-30-15(26)8-17(29-23(30)27)36-6-2-3-11-9-38-21-18(20(33)31(21)19(11)22(34)35)28-16(32)10-37-14-7-12(24)4-5-13(14)25;3-2(4,5)1(6)7/h2-5,7-8,18,21H,6,9-10H2,1H3,(H5,26,27,28,29,32,34,35);(H,6,7)/p+1/b3-2+;/t18-,21?;/m1./s1. The highest BCUT2D eigenvalue weighted by Crippen LogP contribution is 2.41. The summed E-state index contributed by atoms with van der Waals surface area (Å²) >= 11 is 16.1. The van der Waals surface area contributed by atoms with Crippen molar-refractivity contribution >= 4 is 94.0 Å². The number of nitrogens with two attached hydrogens (primary N) is 2. The number of thioether (sulfide) groups is 3. The molecule has 1 aromatic heterocycles. The van der Waals surface area contributed by atoms with Crippen LogP contribution >= 0.6 is 58.5 Å². The van der Waals surface area contributed by atoms with Crippen molar-refractivity contribution in [1.29, 1.82) is 0 Å². The summed E-state index contributed by atoms with van der Waals surface area (Å²) in [5.41, 5.74) is 12.2. The minimum Gasteiger partial charge on any atom is -0.477 e. The molecule has 2 amide bonds. The Hall–Kier alpha value is -3.32. The van der Waals surface area contributed by atoms with Gasteiger partial charge in [0, 0.05) is 27.5 Å². The third-order valence-electron chi connectivity index (χ3n) is 5.88. The van der Waals surface area contributed by atoms with Gasteiger partial charge in [0.1, 0.15) is 17.1 Å². The number of carbonyl (C=O) groups is 4. The van der Waals surface area contributed by atoms with E-state index in [4.69, 9.17) is 44.6 Å². The molecule has 7 N–H and O–H groups in total. The Morgan fingerprint density at radius 3 is 2.49 bits per heavy atom. The Labute approximate surface area is 276 Å². The molecule has 2 atom stereocenters. The number of aromatic nitrogens is 2. The van der Waals surface area contributed by atoms with E-state index >= 15 is 0 Å². The van der Waals surface area contributed by atoms with Crippen LogP contribution in [0.3, 0.4) is 0 Å². The number of rotatable bonds is 9. The number of alkyl halides is 3. The fourth-order valence-corrected chi connectivity index (χ4v) is 7.04. The van der Waals surface area contributed by atoms with Crippen molar-refractivity contribution in [1.82, 2.24) is 15.2 Å². The van der Waals surface area contributed by atoms with Crippen LogP contribution in [0, 0.1) is 0 Å². The predicted octanol–water partition coefficient (Wildman–Crippen LogP) is 3.19. The van der Waals surface area contributed by atoms with Crippen molar-refractivity contribution in [2.75, 3.05) is 28.7 Å². The van der Waals surface area contributed by atoms with Gasteiger partial charge in [-0.3, -0.25) is 14.5 Å². The topological polar surface area (TPSA) is 193 Å². The lowest BCUT2D eigenvalue weighted by Crippen LogP contribution is -2.70. The Kier molecular flexibility index (Phi) is 12.3. The van der Waals surface area contributed by atoms with E-state index in [0.29, 0.717) is 42.9 Å². The van der Waals surface area contributed by atoms with Crippen molar-refractivity contribution in [3.63, 3.8) is 0 Å². The number of aliphatic carboxylic acids is 2. The number of nitrogens with one attached hydrogen (secondary N) is 1. The van der Waals surface area contributed by atoms with Gasteiger partial charge in [0.15, 0.2) is 10.8 Å². The number of allylic oxidation sites excluding steroid dienone is 1. The molecule has 20 heteroatoms. The molecule has 2 aromatic rings. The zero-order valence-corrected chi connectivity index (χ0v) is 26.8. The van der Waals surface area contributed by atoms with E-state index in [0.717, 1.165) is 0 Å². The SMILES string of the molecule is C[n+]1c(N)cc(SC/C=C/C2=C(C(=O)O)N3C(=O)[C@@H](NC(=O)CSc4cc(Cl)ccc4Cl)C3SC2)nc1N.O=C(O)C(F)(F)F. The molecule has 0 spiro atoms. The Bertz CT molecular complexity index is 1560. The van der Waals surface area contributed by atoms with Crippen molar-refractivity contribution < 1.29 is 47.1 Å². The van der Waals surface area contributed by atoms with E-state index in [1.54, 1.807) is 48.0 Å². The van der Waals surface area contributed by atoms with E-state index in [1.807, 2.05) is 0 Å². The van der Waals surface area contributed by atoms with Crippen LogP contribution in [-0.2, 0) is 26.2 Å². The number of nitrogens with zero attached hydrogens (tertiary/aromatic N) is 3. The number of fused-ring (bicyclic) bond motifs is 1. The van der Waals surface area contributed by atoms with E-state index in [9.17, 15) is 32.7 Å². The molecular formula is C25H24Cl2F3N6O6S3+. The first-order valence-electron chi connectivity index (χ1n) is 12.3. The van der Waals surface area contributed by atoms with Crippen LogP contribution in [-0.4, -0.2) is 78.7 Å². The largest absolute Gasteiger partial charge is 0.490 e. The lowest BCUT2D eigenvalue weighted by atomic mass is 10.0. The van der Waals surface area contributed by atoms with Crippen molar-refractivity contribution in [3.05, 3.63) is 57.7 Å². The second-order valence-electron chi connectivity index (χ2n) is 8.95. The summed E-state index contributed by atoms with van der Waals surface area (Å²) in [6.07, 6.45) is -1.59. The van der Waals surface area contributed by atoms with Crippen molar-refractivity contribution in [2.45, 2.75) is 27.5 Å². The number of nitrogen functional groups attached to an aromatic ring is 2. The average Bonchev–Trinajstić information content (AvgIpc) is 2.96. The Morgan fingerprint density at radius 2 is 1.89 bits per heavy atom. The minimum atomic E-state index is -5.08. The van der Waals surface area contributed by atoms with Gasteiger partial charge in [-0.05, 0) is 23.8 Å². The monoisotopic (exact) mass is 727 g/mol. The van der Waals surface area contributed by atoms with Gasteiger partial charge in [-0.1, -0.05) is 47.1 Å². The predicted molar refractivity (Wildman–Crippen MR) is 165 cm³/mol. The zero-order valence-electron chi connectivity index (χ0n) is 22.9. The maximum Gasteiger partial charge on any atom is 0.490 e. The first kappa shape index (κ1) is 36.2. The van der Waals surface area contributed by atoms with Crippen LogP contribution in [0.5, 0.6) is 0 Å². The fraction of sp³-hybridized carbons (Fsp3) is 0.280. The number of carboxylic acids is 2. The van der Waals surface area contributed by atoms with Gasteiger partial charge in [0.25, 0.3) is 5.91 Å². The van der Waals surface area contributed by atoms with Crippen LogP contribution in [0.4, 0.5) is 24.9 Å². The molecule has 2 aliphatic rings. The first-order valence-corrected chi connectivity index (χ1v) is 16.1. The first-order chi connectivity index (χ1) is 21.0. The molecule has 12 nitrogen and oxygen atoms in total. The Balaban J connectivity index is 0.000000707. The van der Waals surface area contributed by atoms with E-state index in [2.05, 4.69) is 10.3 Å². The average molecular weight is 729 g/mol. The number of carbonyl (C=O) groups excluding carboxylic acids is 2. The molecule has 1 saturated heterocycles. The number of hydrogen-bond donors (Lipinski definition) is 5. The molecule has 0 bridgehead atoms. The Morgan fingerprint density at radius 1 is 1.22 bits per heavy atom. The van der Waals surface area contributed by atoms with Gasteiger partial charge >= 0.3 is 24.1 Å².